The van der Waals surface area contributed by atoms with Crippen LogP contribution in [0.1, 0.15) is 5.56 Å². The zero-order valence-electron chi connectivity index (χ0n) is 12.8. The van der Waals surface area contributed by atoms with E-state index in [0.29, 0.717) is 0 Å². The van der Waals surface area contributed by atoms with E-state index in [4.69, 9.17) is 11.6 Å². The summed E-state index contributed by atoms with van der Waals surface area (Å²) in [4.78, 5) is -0.309. The number of sulfonamides is 1. The SMILES string of the molecule is O=S(=O)(NCc1ccccc1OC(F)F)c1ccc(OC(F)F)c(Cl)c1. The molecule has 5 nitrogen and oxygen atoms in total. The summed E-state index contributed by atoms with van der Waals surface area (Å²) in [5.74, 6) is -0.555. The van der Waals surface area contributed by atoms with Gasteiger partial charge < -0.3 is 9.47 Å². The van der Waals surface area contributed by atoms with Crippen LogP contribution in [0.2, 0.25) is 5.02 Å². The average molecular weight is 414 g/mol. The van der Waals surface area contributed by atoms with Crippen molar-refractivity contribution < 1.29 is 35.5 Å². The highest BCUT2D eigenvalue weighted by atomic mass is 35.5. The molecule has 0 heterocycles. The van der Waals surface area contributed by atoms with Crippen LogP contribution in [-0.2, 0) is 16.6 Å². The fraction of sp³-hybridized carbons (Fsp3) is 0.200. The minimum atomic E-state index is -4.09. The Balaban J connectivity index is 2.16. The number of ether oxygens (including phenoxy) is 2. The summed E-state index contributed by atoms with van der Waals surface area (Å²) in [6, 6.07) is 8.59. The summed E-state index contributed by atoms with van der Waals surface area (Å²) in [6.45, 7) is -6.51. The monoisotopic (exact) mass is 413 g/mol. The second-order valence-corrected chi connectivity index (χ2v) is 6.96. The lowest BCUT2D eigenvalue weighted by molar-refractivity contribution is -0.0508. The van der Waals surface area contributed by atoms with Crippen LogP contribution in [0.5, 0.6) is 11.5 Å². The number of nitrogens with one attached hydrogen (secondary N) is 1. The zero-order valence-corrected chi connectivity index (χ0v) is 14.4. The van der Waals surface area contributed by atoms with E-state index in [1.54, 1.807) is 0 Å². The minimum Gasteiger partial charge on any atom is -0.434 e. The maximum Gasteiger partial charge on any atom is 0.387 e. The van der Waals surface area contributed by atoms with Crippen molar-refractivity contribution in [1.82, 2.24) is 4.72 Å². The topological polar surface area (TPSA) is 64.6 Å². The van der Waals surface area contributed by atoms with Crippen molar-refractivity contribution >= 4 is 21.6 Å². The molecule has 0 amide bonds. The second kappa shape index (κ2) is 8.56. The smallest absolute Gasteiger partial charge is 0.387 e. The summed E-state index contributed by atoms with van der Waals surface area (Å²) in [5.41, 5.74) is 0.181. The van der Waals surface area contributed by atoms with Gasteiger partial charge in [-0.25, -0.2) is 13.1 Å². The van der Waals surface area contributed by atoms with Crippen LogP contribution in [0.15, 0.2) is 47.4 Å². The van der Waals surface area contributed by atoms with Crippen molar-refractivity contribution in [2.24, 2.45) is 0 Å². The van der Waals surface area contributed by atoms with Gasteiger partial charge in [0.15, 0.2) is 0 Å². The Bertz CT molecular complexity index is 864. The molecule has 11 heteroatoms. The van der Waals surface area contributed by atoms with Crippen molar-refractivity contribution in [1.29, 1.82) is 0 Å². The van der Waals surface area contributed by atoms with E-state index in [1.165, 1.54) is 24.3 Å². The normalized spacial score (nSPS) is 11.8. The van der Waals surface area contributed by atoms with Gasteiger partial charge >= 0.3 is 13.2 Å². The van der Waals surface area contributed by atoms with Gasteiger partial charge in [0.05, 0.1) is 9.92 Å². The highest BCUT2D eigenvalue weighted by Gasteiger charge is 2.18. The lowest BCUT2D eigenvalue weighted by Gasteiger charge is -2.12. The Morgan fingerprint density at radius 1 is 0.962 bits per heavy atom. The standard InChI is InChI=1S/C15H12ClF4NO4S/c16-11-7-10(5-6-13(11)25-15(19)20)26(22,23)21-8-9-3-1-2-4-12(9)24-14(17)18/h1-7,14-15,21H,8H2. The molecule has 0 aliphatic rings. The summed E-state index contributed by atoms with van der Waals surface area (Å²) >= 11 is 5.73. The lowest BCUT2D eigenvalue weighted by Crippen LogP contribution is -2.23. The summed E-state index contributed by atoms with van der Waals surface area (Å²) in [5, 5.41) is -0.324. The van der Waals surface area contributed by atoms with E-state index < -0.39 is 23.2 Å². The van der Waals surface area contributed by atoms with Crippen LogP contribution < -0.4 is 14.2 Å². The summed E-state index contributed by atoms with van der Waals surface area (Å²) in [7, 11) is -4.09. The van der Waals surface area contributed by atoms with Crippen LogP contribution in [0.4, 0.5) is 17.6 Å². The van der Waals surface area contributed by atoms with Crippen molar-refractivity contribution in [2.45, 2.75) is 24.7 Å². The van der Waals surface area contributed by atoms with Gasteiger partial charge in [-0.15, -0.1) is 0 Å². The van der Waals surface area contributed by atoms with E-state index >= 15 is 0 Å². The predicted molar refractivity (Wildman–Crippen MR) is 85.2 cm³/mol. The molecule has 2 aromatic rings. The molecule has 0 spiro atoms. The first kappa shape index (κ1) is 20.3. The Hall–Kier alpha value is -2.04. The van der Waals surface area contributed by atoms with Crippen molar-refractivity contribution in [2.75, 3.05) is 0 Å². The minimum absolute atomic E-state index is 0.177. The van der Waals surface area contributed by atoms with Gasteiger partial charge in [-0.2, -0.15) is 17.6 Å². The van der Waals surface area contributed by atoms with Gasteiger partial charge in [-0.05, 0) is 24.3 Å². The summed E-state index contributed by atoms with van der Waals surface area (Å²) < 4.78 is 84.3. The van der Waals surface area contributed by atoms with Crippen LogP contribution in [0.25, 0.3) is 0 Å². The fourth-order valence-electron chi connectivity index (χ4n) is 1.96. The first-order valence-electron chi connectivity index (χ1n) is 6.96. The third kappa shape index (κ3) is 5.48. The maximum atomic E-state index is 12.4. The Labute approximate surface area is 151 Å². The van der Waals surface area contributed by atoms with E-state index in [9.17, 15) is 26.0 Å². The molecule has 0 saturated heterocycles. The average Bonchev–Trinajstić information content (AvgIpc) is 2.55. The fourth-order valence-corrected chi connectivity index (χ4v) is 3.28. The van der Waals surface area contributed by atoms with Crippen LogP contribution in [-0.4, -0.2) is 21.6 Å². The molecule has 0 aromatic heterocycles. The van der Waals surface area contributed by atoms with Gasteiger partial charge in [0.2, 0.25) is 10.0 Å². The highest BCUT2D eigenvalue weighted by molar-refractivity contribution is 7.89. The Morgan fingerprint density at radius 2 is 1.58 bits per heavy atom. The number of halogens is 5. The van der Waals surface area contributed by atoms with Gasteiger partial charge in [-0.1, -0.05) is 29.8 Å². The number of para-hydroxylation sites is 1. The molecule has 0 radical (unpaired) electrons. The molecular formula is C15H12ClF4NO4S. The van der Waals surface area contributed by atoms with Crippen molar-refractivity contribution in [3.8, 4) is 11.5 Å². The van der Waals surface area contributed by atoms with E-state index in [0.717, 1.165) is 18.2 Å². The lowest BCUT2D eigenvalue weighted by atomic mass is 10.2. The molecule has 0 fully saturated rings. The maximum absolute atomic E-state index is 12.4. The van der Waals surface area contributed by atoms with E-state index in [-0.39, 0.29) is 33.5 Å². The number of rotatable bonds is 8. The molecule has 26 heavy (non-hydrogen) atoms. The van der Waals surface area contributed by atoms with Crippen molar-refractivity contribution in [3.05, 3.63) is 53.1 Å². The predicted octanol–water partition coefficient (Wildman–Crippen LogP) is 4.02. The van der Waals surface area contributed by atoms with Crippen LogP contribution in [0.3, 0.4) is 0 Å². The number of hydrogen-bond acceptors (Lipinski definition) is 4. The van der Waals surface area contributed by atoms with Gasteiger partial charge in [0.25, 0.3) is 0 Å². The first-order chi connectivity index (χ1) is 12.2. The van der Waals surface area contributed by atoms with Gasteiger partial charge in [0.1, 0.15) is 11.5 Å². The molecule has 0 aliphatic heterocycles. The number of hydrogen-bond donors (Lipinski definition) is 1. The molecule has 0 aliphatic carbocycles. The molecule has 2 aromatic carbocycles. The molecule has 1 N–H and O–H groups in total. The first-order valence-corrected chi connectivity index (χ1v) is 8.82. The molecular weight excluding hydrogens is 402 g/mol. The second-order valence-electron chi connectivity index (χ2n) is 4.78. The molecule has 0 saturated carbocycles. The number of alkyl halides is 4. The number of benzene rings is 2. The van der Waals surface area contributed by atoms with Crippen LogP contribution >= 0.6 is 11.6 Å². The molecule has 0 bridgehead atoms. The Morgan fingerprint density at radius 3 is 2.19 bits per heavy atom. The van der Waals surface area contributed by atoms with E-state index in [1.807, 2.05) is 0 Å². The third-order valence-electron chi connectivity index (χ3n) is 3.07. The molecule has 0 atom stereocenters. The molecule has 2 rings (SSSR count). The van der Waals surface area contributed by atoms with Crippen LogP contribution in [0, 0.1) is 0 Å². The largest absolute Gasteiger partial charge is 0.434 e. The third-order valence-corrected chi connectivity index (χ3v) is 4.77. The Kier molecular flexibility index (Phi) is 6.68. The van der Waals surface area contributed by atoms with Gasteiger partial charge in [0, 0.05) is 12.1 Å². The van der Waals surface area contributed by atoms with Crippen molar-refractivity contribution in [3.63, 3.8) is 0 Å². The quantitative estimate of drug-likeness (QED) is 0.664. The van der Waals surface area contributed by atoms with E-state index in [2.05, 4.69) is 14.2 Å². The summed E-state index contributed by atoms with van der Waals surface area (Å²) in [6.07, 6.45) is 0. The van der Waals surface area contributed by atoms with Gasteiger partial charge in [-0.3, -0.25) is 0 Å². The zero-order chi connectivity index (χ0) is 19.3. The molecule has 142 valence electrons. The highest BCUT2D eigenvalue weighted by Crippen LogP contribution is 2.29. The molecule has 0 unspecified atom stereocenters.